The van der Waals surface area contributed by atoms with E-state index < -0.39 is 0 Å². The number of likely N-dealkylation sites (tertiary alicyclic amines) is 1. The zero-order valence-electron chi connectivity index (χ0n) is 11.2. The Morgan fingerprint density at radius 2 is 2.00 bits per heavy atom. The standard InChI is InChI=1S/C14H21ClN4/c15-11-8-13(16)14(17-9-11)19-7-4-12(10-19)18-5-2-1-3-6-18/h8-9,12H,1-7,10,16H2. The molecule has 0 radical (unpaired) electrons. The minimum atomic E-state index is 0.605. The fraction of sp³-hybridized carbons (Fsp3) is 0.643. The second kappa shape index (κ2) is 5.55. The Bertz CT molecular complexity index is 445. The molecule has 1 unspecified atom stereocenters. The lowest BCUT2D eigenvalue weighted by Crippen LogP contribution is -2.41. The predicted molar refractivity (Wildman–Crippen MR) is 79.7 cm³/mol. The summed E-state index contributed by atoms with van der Waals surface area (Å²) in [5.74, 6) is 0.893. The quantitative estimate of drug-likeness (QED) is 0.903. The molecule has 2 aliphatic rings. The first-order valence-corrected chi connectivity index (χ1v) is 7.52. The van der Waals surface area contributed by atoms with E-state index in [-0.39, 0.29) is 0 Å². The molecule has 0 aliphatic carbocycles. The summed E-state index contributed by atoms with van der Waals surface area (Å²) < 4.78 is 0. The minimum Gasteiger partial charge on any atom is -0.396 e. The van der Waals surface area contributed by atoms with Crippen molar-refractivity contribution >= 4 is 23.1 Å². The highest BCUT2D eigenvalue weighted by molar-refractivity contribution is 6.30. The van der Waals surface area contributed by atoms with Crippen LogP contribution in [-0.2, 0) is 0 Å². The van der Waals surface area contributed by atoms with Crippen LogP contribution in [0.1, 0.15) is 25.7 Å². The average Bonchev–Trinajstić information content (AvgIpc) is 2.89. The van der Waals surface area contributed by atoms with E-state index in [0.717, 1.165) is 18.9 Å². The number of anilines is 2. The first-order chi connectivity index (χ1) is 9.24. The van der Waals surface area contributed by atoms with Crippen LogP contribution in [0.15, 0.2) is 12.3 Å². The lowest BCUT2D eigenvalue weighted by Gasteiger charge is -2.32. The molecule has 2 fully saturated rings. The molecule has 3 rings (SSSR count). The highest BCUT2D eigenvalue weighted by atomic mass is 35.5. The summed E-state index contributed by atoms with van der Waals surface area (Å²) in [4.78, 5) is 9.32. The third-order valence-corrected chi connectivity index (χ3v) is 4.44. The molecular weight excluding hydrogens is 260 g/mol. The minimum absolute atomic E-state index is 0.605. The number of nitrogens with two attached hydrogens (primary N) is 1. The van der Waals surface area contributed by atoms with Crippen molar-refractivity contribution in [2.24, 2.45) is 0 Å². The molecule has 104 valence electrons. The lowest BCUT2D eigenvalue weighted by atomic mass is 10.1. The molecule has 1 atom stereocenters. The molecule has 2 N–H and O–H groups in total. The van der Waals surface area contributed by atoms with Gasteiger partial charge in [0.15, 0.2) is 5.82 Å². The highest BCUT2D eigenvalue weighted by Crippen LogP contribution is 2.28. The summed E-state index contributed by atoms with van der Waals surface area (Å²) in [7, 11) is 0. The lowest BCUT2D eigenvalue weighted by molar-refractivity contribution is 0.175. The molecule has 5 heteroatoms. The number of halogens is 1. The zero-order valence-corrected chi connectivity index (χ0v) is 11.9. The van der Waals surface area contributed by atoms with Crippen LogP contribution in [0.4, 0.5) is 11.5 Å². The average molecular weight is 281 g/mol. The normalized spacial score (nSPS) is 24.9. The smallest absolute Gasteiger partial charge is 0.151 e. The number of nitrogens with zero attached hydrogens (tertiary/aromatic N) is 3. The molecule has 0 aromatic carbocycles. The van der Waals surface area contributed by atoms with E-state index in [1.165, 1.54) is 38.8 Å². The highest BCUT2D eigenvalue weighted by Gasteiger charge is 2.29. The van der Waals surface area contributed by atoms with Crippen LogP contribution < -0.4 is 10.6 Å². The third-order valence-electron chi connectivity index (χ3n) is 4.23. The van der Waals surface area contributed by atoms with Gasteiger partial charge < -0.3 is 10.6 Å². The van der Waals surface area contributed by atoms with E-state index in [2.05, 4.69) is 14.8 Å². The van der Waals surface area contributed by atoms with Gasteiger partial charge in [-0.3, -0.25) is 4.90 Å². The first-order valence-electron chi connectivity index (χ1n) is 7.14. The van der Waals surface area contributed by atoms with Gasteiger partial charge in [-0.1, -0.05) is 18.0 Å². The van der Waals surface area contributed by atoms with E-state index >= 15 is 0 Å². The fourth-order valence-corrected chi connectivity index (χ4v) is 3.39. The van der Waals surface area contributed by atoms with Crippen LogP contribution in [0.3, 0.4) is 0 Å². The Hall–Kier alpha value is -1.00. The molecule has 1 aromatic rings. The maximum absolute atomic E-state index is 6.02. The van der Waals surface area contributed by atoms with Crippen LogP contribution in [-0.4, -0.2) is 42.1 Å². The Labute approximate surface area is 119 Å². The fourth-order valence-electron chi connectivity index (χ4n) is 3.23. The van der Waals surface area contributed by atoms with E-state index in [9.17, 15) is 0 Å². The Morgan fingerprint density at radius 3 is 2.74 bits per heavy atom. The monoisotopic (exact) mass is 280 g/mol. The summed E-state index contributed by atoms with van der Waals surface area (Å²) in [6.45, 7) is 4.59. The first kappa shape index (κ1) is 13.0. The summed E-state index contributed by atoms with van der Waals surface area (Å²) >= 11 is 5.90. The van der Waals surface area contributed by atoms with Gasteiger partial charge in [0.2, 0.25) is 0 Å². The molecule has 0 bridgehead atoms. The van der Waals surface area contributed by atoms with E-state index in [4.69, 9.17) is 17.3 Å². The van der Waals surface area contributed by atoms with Gasteiger partial charge in [-0.15, -0.1) is 0 Å². The van der Waals surface area contributed by atoms with Crippen LogP contribution in [0.25, 0.3) is 0 Å². The number of rotatable bonds is 2. The number of hydrogen-bond acceptors (Lipinski definition) is 4. The number of hydrogen-bond donors (Lipinski definition) is 1. The van der Waals surface area contributed by atoms with Crippen molar-refractivity contribution in [3.63, 3.8) is 0 Å². The van der Waals surface area contributed by atoms with Crippen molar-refractivity contribution in [1.82, 2.24) is 9.88 Å². The van der Waals surface area contributed by atoms with Gasteiger partial charge in [-0.25, -0.2) is 4.98 Å². The van der Waals surface area contributed by atoms with E-state index in [1.54, 1.807) is 12.3 Å². The molecule has 2 saturated heterocycles. The van der Waals surface area contributed by atoms with Crippen molar-refractivity contribution in [2.75, 3.05) is 36.8 Å². The number of nitrogen functional groups attached to an aromatic ring is 1. The van der Waals surface area contributed by atoms with Crippen LogP contribution in [0.5, 0.6) is 0 Å². The largest absolute Gasteiger partial charge is 0.396 e. The van der Waals surface area contributed by atoms with Gasteiger partial charge >= 0.3 is 0 Å². The summed E-state index contributed by atoms with van der Waals surface area (Å²) in [6, 6.07) is 2.45. The summed E-state index contributed by atoms with van der Waals surface area (Å²) in [5.41, 5.74) is 6.71. The topological polar surface area (TPSA) is 45.4 Å². The van der Waals surface area contributed by atoms with Crippen molar-refractivity contribution in [1.29, 1.82) is 0 Å². The van der Waals surface area contributed by atoms with Gasteiger partial charge in [0.25, 0.3) is 0 Å². The van der Waals surface area contributed by atoms with Crippen LogP contribution >= 0.6 is 11.6 Å². The number of pyridine rings is 1. The van der Waals surface area contributed by atoms with Crippen molar-refractivity contribution < 1.29 is 0 Å². The molecule has 0 saturated carbocycles. The molecule has 2 aliphatic heterocycles. The molecular formula is C14H21ClN4. The Balaban J connectivity index is 1.67. The van der Waals surface area contributed by atoms with Gasteiger partial charge in [-0.2, -0.15) is 0 Å². The van der Waals surface area contributed by atoms with Crippen molar-refractivity contribution in [3.05, 3.63) is 17.3 Å². The van der Waals surface area contributed by atoms with Crippen LogP contribution in [0.2, 0.25) is 5.02 Å². The molecule has 0 amide bonds. The number of piperidine rings is 1. The Kier molecular flexibility index (Phi) is 3.80. The maximum atomic E-state index is 6.02. The maximum Gasteiger partial charge on any atom is 0.151 e. The second-order valence-corrected chi connectivity index (χ2v) is 5.99. The van der Waals surface area contributed by atoms with Gasteiger partial charge in [0.05, 0.1) is 10.7 Å². The molecule has 19 heavy (non-hydrogen) atoms. The van der Waals surface area contributed by atoms with Crippen LogP contribution in [0, 0.1) is 0 Å². The van der Waals surface area contributed by atoms with Gasteiger partial charge in [0.1, 0.15) is 0 Å². The van der Waals surface area contributed by atoms with Crippen molar-refractivity contribution in [2.45, 2.75) is 31.7 Å². The third kappa shape index (κ3) is 2.79. The van der Waals surface area contributed by atoms with E-state index in [1.807, 2.05) is 0 Å². The summed E-state index contributed by atoms with van der Waals surface area (Å²) in [5, 5.41) is 0.605. The van der Waals surface area contributed by atoms with E-state index in [0.29, 0.717) is 16.8 Å². The number of aromatic nitrogens is 1. The molecule has 4 nitrogen and oxygen atoms in total. The zero-order chi connectivity index (χ0) is 13.2. The van der Waals surface area contributed by atoms with Crippen molar-refractivity contribution in [3.8, 4) is 0 Å². The predicted octanol–water partition coefficient (Wildman–Crippen LogP) is 2.38. The summed E-state index contributed by atoms with van der Waals surface area (Å²) in [6.07, 6.45) is 6.97. The molecule has 0 spiro atoms. The molecule has 3 heterocycles. The van der Waals surface area contributed by atoms with Gasteiger partial charge in [-0.05, 0) is 38.4 Å². The van der Waals surface area contributed by atoms with Gasteiger partial charge in [0, 0.05) is 25.3 Å². The Morgan fingerprint density at radius 1 is 1.21 bits per heavy atom. The SMILES string of the molecule is Nc1cc(Cl)cnc1N1CCC(N2CCCCC2)C1. The molecule has 1 aromatic heterocycles. The second-order valence-electron chi connectivity index (χ2n) is 5.55.